The Bertz CT molecular complexity index is 702. The molecule has 3 heteroatoms. The van der Waals surface area contributed by atoms with E-state index in [-0.39, 0.29) is 5.95 Å². The van der Waals surface area contributed by atoms with Crippen LogP contribution in [0.1, 0.15) is 0 Å². The molecule has 1 N–H and O–H groups in total. The second-order valence-electron chi connectivity index (χ2n) is 5.40. The molecule has 24 heavy (non-hydrogen) atoms. The molecule has 0 atom stereocenters. The van der Waals surface area contributed by atoms with Gasteiger partial charge in [-0.05, 0) is 36.4 Å². The zero-order valence-corrected chi connectivity index (χ0v) is 14.4. The predicted molar refractivity (Wildman–Crippen MR) is 103 cm³/mol. The van der Waals surface area contributed by atoms with Crippen LogP contribution < -0.4 is 15.9 Å². The number of aliphatic hydroxyl groups is 1. The first kappa shape index (κ1) is 16.3. The van der Waals surface area contributed by atoms with Gasteiger partial charge in [0.05, 0.1) is 7.11 Å². The van der Waals surface area contributed by atoms with Gasteiger partial charge in [0, 0.05) is 0 Å². The predicted octanol–water partition coefficient (Wildman–Crippen LogP) is 3.98. The number of aliphatic hydroxyl groups excluding tert-OH is 1. The SMILES string of the molecule is CO/C(O)=C\[P+](c1ccccc1)(c1ccccc1)c1ccccc1. The molecule has 0 aromatic heterocycles. The van der Waals surface area contributed by atoms with Crippen LogP contribution in [0.4, 0.5) is 0 Å². The Kier molecular flexibility index (Phi) is 4.98. The van der Waals surface area contributed by atoms with Crippen LogP contribution in [0.5, 0.6) is 0 Å². The maximum atomic E-state index is 10.2. The Morgan fingerprint density at radius 2 is 1.04 bits per heavy atom. The third-order valence-electron chi connectivity index (χ3n) is 4.00. The third kappa shape index (κ3) is 3.06. The summed E-state index contributed by atoms with van der Waals surface area (Å²) in [5.74, 6) is 1.83. The summed E-state index contributed by atoms with van der Waals surface area (Å²) in [5, 5.41) is 13.8. The highest BCUT2D eigenvalue weighted by molar-refractivity contribution is 7.98. The van der Waals surface area contributed by atoms with E-state index in [0.717, 1.165) is 0 Å². The van der Waals surface area contributed by atoms with Crippen LogP contribution in [0, 0.1) is 0 Å². The molecule has 3 aromatic rings. The van der Waals surface area contributed by atoms with Crippen molar-refractivity contribution in [1.82, 2.24) is 0 Å². The molecule has 0 unspecified atom stereocenters. The van der Waals surface area contributed by atoms with Crippen molar-refractivity contribution in [2.75, 3.05) is 7.11 Å². The van der Waals surface area contributed by atoms with Gasteiger partial charge in [0.25, 0.3) is 0 Å². The van der Waals surface area contributed by atoms with Gasteiger partial charge in [-0.1, -0.05) is 54.6 Å². The summed E-state index contributed by atoms with van der Waals surface area (Å²) in [4.78, 5) is 0. The summed E-state index contributed by atoms with van der Waals surface area (Å²) in [6, 6.07) is 30.9. The summed E-state index contributed by atoms with van der Waals surface area (Å²) in [7, 11) is -0.675. The zero-order chi connectivity index (χ0) is 16.8. The minimum Gasteiger partial charge on any atom is -0.479 e. The second kappa shape index (κ2) is 7.33. The van der Waals surface area contributed by atoms with Gasteiger partial charge in [-0.15, -0.1) is 0 Å². The first-order valence-corrected chi connectivity index (χ1v) is 9.64. The zero-order valence-electron chi connectivity index (χ0n) is 13.5. The van der Waals surface area contributed by atoms with Crippen LogP contribution in [-0.4, -0.2) is 12.2 Å². The molecular weight excluding hydrogens is 315 g/mol. The summed E-state index contributed by atoms with van der Waals surface area (Å²) < 4.78 is 5.11. The van der Waals surface area contributed by atoms with E-state index in [2.05, 4.69) is 36.4 Å². The lowest BCUT2D eigenvalue weighted by molar-refractivity contribution is 0.137. The van der Waals surface area contributed by atoms with Crippen LogP contribution in [0.25, 0.3) is 0 Å². The Hall–Kier alpha value is -2.57. The van der Waals surface area contributed by atoms with Gasteiger partial charge in [0.2, 0.25) is 0 Å². The molecular formula is C21H20O2P+. The molecule has 0 radical (unpaired) electrons. The average molecular weight is 335 g/mol. The fourth-order valence-corrected chi connectivity index (χ4v) is 6.58. The van der Waals surface area contributed by atoms with Crippen LogP contribution in [0.2, 0.25) is 0 Å². The molecule has 2 nitrogen and oxygen atoms in total. The van der Waals surface area contributed by atoms with Gasteiger partial charge in [-0.25, -0.2) is 0 Å². The van der Waals surface area contributed by atoms with E-state index in [1.165, 1.54) is 23.0 Å². The Labute approximate surface area is 143 Å². The van der Waals surface area contributed by atoms with E-state index in [9.17, 15) is 5.11 Å². The number of hydrogen-bond acceptors (Lipinski definition) is 2. The highest BCUT2D eigenvalue weighted by Gasteiger charge is 2.44. The number of rotatable bonds is 5. The van der Waals surface area contributed by atoms with Crippen molar-refractivity contribution in [3.05, 3.63) is 103 Å². The van der Waals surface area contributed by atoms with Crippen molar-refractivity contribution in [3.63, 3.8) is 0 Å². The maximum absolute atomic E-state index is 10.2. The first-order chi connectivity index (χ1) is 11.8. The molecule has 0 heterocycles. The Morgan fingerprint density at radius 1 is 0.708 bits per heavy atom. The van der Waals surface area contributed by atoms with Crippen LogP contribution in [0.3, 0.4) is 0 Å². The summed E-state index contributed by atoms with van der Waals surface area (Å²) in [6.45, 7) is 0. The summed E-state index contributed by atoms with van der Waals surface area (Å²) in [5.41, 5.74) is 0. The smallest absolute Gasteiger partial charge is 0.314 e. The largest absolute Gasteiger partial charge is 0.479 e. The van der Waals surface area contributed by atoms with Crippen LogP contribution >= 0.6 is 7.26 Å². The normalized spacial score (nSPS) is 12.0. The van der Waals surface area contributed by atoms with Crippen molar-refractivity contribution in [2.45, 2.75) is 0 Å². The molecule has 0 saturated carbocycles. The molecule has 120 valence electrons. The fourth-order valence-electron chi connectivity index (χ4n) is 2.88. The molecule has 0 amide bonds. The van der Waals surface area contributed by atoms with Crippen LogP contribution in [-0.2, 0) is 4.74 Å². The second-order valence-corrected chi connectivity index (χ2v) is 8.65. The molecule has 0 aliphatic rings. The Morgan fingerprint density at radius 3 is 1.33 bits per heavy atom. The summed E-state index contributed by atoms with van der Waals surface area (Å²) >= 11 is 0. The molecule has 0 fully saturated rings. The molecule has 3 rings (SSSR count). The minimum absolute atomic E-state index is 0.0557. The molecule has 0 spiro atoms. The summed E-state index contributed by atoms with van der Waals surface area (Å²) in [6.07, 6.45) is 0. The van der Waals surface area contributed by atoms with E-state index in [1.54, 1.807) is 0 Å². The van der Waals surface area contributed by atoms with Gasteiger partial charge in [-0.3, -0.25) is 0 Å². The quantitative estimate of drug-likeness (QED) is 0.564. The fraction of sp³-hybridized carbons (Fsp3) is 0.0476. The number of ether oxygens (including phenoxy) is 1. The van der Waals surface area contributed by atoms with E-state index in [0.29, 0.717) is 0 Å². The lowest BCUT2D eigenvalue weighted by atomic mass is 10.4. The van der Waals surface area contributed by atoms with Gasteiger partial charge < -0.3 is 9.84 Å². The number of hydrogen-bond donors (Lipinski definition) is 1. The van der Waals surface area contributed by atoms with Crippen LogP contribution in [0.15, 0.2) is 103 Å². The van der Waals surface area contributed by atoms with Crippen molar-refractivity contribution in [1.29, 1.82) is 0 Å². The third-order valence-corrected chi connectivity index (χ3v) is 7.95. The molecule has 0 bridgehead atoms. The monoisotopic (exact) mass is 335 g/mol. The van der Waals surface area contributed by atoms with Crippen molar-refractivity contribution in [3.8, 4) is 0 Å². The number of benzene rings is 3. The topological polar surface area (TPSA) is 29.5 Å². The van der Waals surface area contributed by atoms with Crippen molar-refractivity contribution in [2.24, 2.45) is 0 Å². The minimum atomic E-state index is -2.16. The highest BCUT2D eigenvalue weighted by atomic mass is 31.2. The lowest BCUT2D eigenvalue weighted by Crippen LogP contribution is -2.30. The lowest BCUT2D eigenvalue weighted by Gasteiger charge is -2.23. The van der Waals surface area contributed by atoms with Gasteiger partial charge in [0.1, 0.15) is 23.2 Å². The maximum Gasteiger partial charge on any atom is 0.314 e. The van der Waals surface area contributed by atoms with Gasteiger partial charge in [-0.2, -0.15) is 0 Å². The van der Waals surface area contributed by atoms with E-state index in [1.807, 2.05) is 60.4 Å². The van der Waals surface area contributed by atoms with Crippen molar-refractivity contribution >= 4 is 23.2 Å². The standard InChI is InChI=1S/C21H19O2P/c1-23-21(22)17-24(18-11-5-2-6-12-18,19-13-7-3-8-14-19)20-15-9-4-10-16-20/h2-17H,1H3/p+1/b21-17-. The molecule has 0 saturated heterocycles. The first-order valence-electron chi connectivity index (χ1n) is 7.79. The molecule has 3 aromatic carbocycles. The molecule has 0 aliphatic carbocycles. The van der Waals surface area contributed by atoms with E-state index >= 15 is 0 Å². The average Bonchev–Trinajstić information content (AvgIpc) is 2.68. The van der Waals surface area contributed by atoms with E-state index in [4.69, 9.17) is 4.74 Å². The highest BCUT2D eigenvalue weighted by Crippen LogP contribution is 2.57. The van der Waals surface area contributed by atoms with Crippen molar-refractivity contribution < 1.29 is 9.84 Å². The number of methoxy groups -OCH3 is 1. The Balaban J connectivity index is 2.37. The van der Waals surface area contributed by atoms with E-state index < -0.39 is 7.26 Å². The van der Waals surface area contributed by atoms with Gasteiger partial charge >= 0.3 is 5.95 Å². The van der Waals surface area contributed by atoms with Gasteiger partial charge in [0.15, 0.2) is 5.82 Å². The molecule has 0 aliphatic heterocycles.